The highest BCUT2D eigenvalue weighted by Gasteiger charge is 2.24. The lowest BCUT2D eigenvalue weighted by molar-refractivity contribution is -0.118. The fraction of sp³-hybridized carbons (Fsp3) is 0.214. The van der Waals surface area contributed by atoms with E-state index in [1.165, 1.54) is 11.0 Å². The summed E-state index contributed by atoms with van der Waals surface area (Å²) in [6.07, 6.45) is 1.42. The highest BCUT2D eigenvalue weighted by atomic mass is 16.2. The van der Waals surface area contributed by atoms with E-state index in [4.69, 9.17) is 0 Å². The molecule has 22 heavy (non-hydrogen) atoms. The Morgan fingerprint density at radius 2 is 2.05 bits per heavy atom. The summed E-state index contributed by atoms with van der Waals surface area (Å²) in [5, 5.41) is 18.1. The Morgan fingerprint density at radius 3 is 2.64 bits per heavy atom. The summed E-state index contributed by atoms with van der Waals surface area (Å²) in [6, 6.07) is 10.5. The monoisotopic (exact) mass is 297 g/mol. The number of carbonyl (C=O) groups is 1. The summed E-state index contributed by atoms with van der Waals surface area (Å²) in [5.41, 5.74) is 1.74. The number of anilines is 1. The second-order valence-corrected chi connectivity index (χ2v) is 4.89. The topological polar surface area (TPSA) is 90.5 Å². The van der Waals surface area contributed by atoms with Gasteiger partial charge in [-0.2, -0.15) is 5.10 Å². The number of hydrogen-bond acceptors (Lipinski definition) is 5. The minimum atomic E-state index is -0.654. The molecule has 8 heteroatoms. The maximum absolute atomic E-state index is 12.7. The molecule has 1 atom stereocenters. The highest BCUT2D eigenvalue weighted by molar-refractivity contribution is 5.95. The lowest BCUT2D eigenvalue weighted by Gasteiger charge is -2.15. The van der Waals surface area contributed by atoms with Gasteiger partial charge in [-0.05, 0) is 22.9 Å². The minimum absolute atomic E-state index is 0.253. The van der Waals surface area contributed by atoms with Crippen LogP contribution in [-0.4, -0.2) is 35.9 Å². The summed E-state index contributed by atoms with van der Waals surface area (Å²) in [4.78, 5) is 12.7. The van der Waals surface area contributed by atoms with Crippen molar-refractivity contribution < 1.29 is 4.79 Å². The van der Waals surface area contributed by atoms with Crippen molar-refractivity contribution in [3.63, 3.8) is 0 Å². The van der Waals surface area contributed by atoms with E-state index in [1.54, 1.807) is 10.7 Å². The van der Waals surface area contributed by atoms with Crippen molar-refractivity contribution in [2.24, 2.45) is 7.05 Å². The van der Waals surface area contributed by atoms with Crippen molar-refractivity contribution in [3.05, 3.63) is 54.0 Å². The number of carbonyl (C=O) groups excluding carboxylic acids is 1. The lowest BCUT2D eigenvalue weighted by Crippen LogP contribution is -2.27. The maximum Gasteiger partial charge on any atom is 0.255 e. The average Bonchev–Trinajstić information content (AvgIpc) is 3.12. The van der Waals surface area contributed by atoms with Crippen molar-refractivity contribution in [3.8, 4) is 0 Å². The third kappa shape index (κ3) is 2.71. The Balaban J connectivity index is 1.91. The van der Waals surface area contributed by atoms with Crippen LogP contribution in [0, 0.1) is 6.92 Å². The predicted octanol–water partition coefficient (Wildman–Crippen LogP) is 0.943. The number of aromatic nitrogens is 6. The number of benzene rings is 1. The molecule has 0 unspecified atom stereocenters. The summed E-state index contributed by atoms with van der Waals surface area (Å²) in [6.45, 7) is 1.92. The maximum atomic E-state index is 12.7. The van der Waals surface area contributed by atoms with E-state index in [1.807, 2.05) is 44.3 Å². The van der Waals surface area contributed by atoms with Crippen LogP contribution in [0.5, 0.6) is 0 Å². The summed E-state index contributed by atoms with van der Waals surface area (Å²) < 4.78 is 3.12. The van der Waals surface area contributed by atoms with Gasteiger partial charge >= 0.3 is 0 Å². The van der Waals surface area contributed by atoms with Crippen molar-refractivity contribution in [2.75, 3.05) is 5.32 Å². The van der Waals surface area contributed by atoms with E-state index in [-0.39, 0.29) is 5.91 Å². The van der Waals surface area contributed by atoms with Gasteiger partial charge in [-0.1, -0.05) is 30.3 Å². The van der Waals surface area contributed by atoms with Crippen molar-refractivity contribution >= 4 is 11.7 Å². The van der Waals surface area contributed by atoms with Crippen molar-refractivity contribution in [2.45, 2.75) is 13.0 Å². The van der Waals surface area contributed by atoms with Crippen LogP contribution in [0.3, 0.4) is 0 Å². The van der Waals surface area contributed by atoms with Gasteiger partial charge in [0.25, 0.3) is 5.91 Å². The fourth-order valence-electron chi connectivity index (χ4n) is 2.16. The Morgan fingerprint density at radius 1 is 1.27 bits per heavy atom. The molecule has 0 saturated heterocycles. The number of rotatable bonds is 4. The molecule has 3 rings (SSSR count). The van der Waals surface area contributed by atoms with E-state index in [0.717, 1.165) is 11.3 Å². The second-order valence-electron chi connectivity index (χ2n) is 4.89. The molecule has 0 radical (unpaired) electrons. The Hall–Kier alpha value is -3.03. The number of aryl methyl sites for hydroxylation is 2. The number of nitrogens with zero attached hydrogens (tertiary/aromatic N) is 6. The smallest absolute Gasteiger partial charge is 0.255 e. The number of tetrazole rings is 1. The zero-order valence-electron chi connectivity index (χ0n) is 12.2. The van der Waals surface area contributed by atoms with Gasteiger partial charge < -0.3 is 5.32 Å². The zero-order chi connectivity index (χ0) is 15.5. The van der Waals surface area contributed by atoms with E-state index in [0.29, 0.717) is 5.82 Å². The number of nitrogens with one attached hydrogen (secondary N) is 1. The highest BCUT2D eigenvalue weighted by Crippen LogP contribution is 2.19. The predicted molar refractivity (Wildman–Crippen MR) is 79.0 cm³/mol. The molecule has 8 nitrogen and oxygen atoms in total. The lowest BCUT2D eigenvalue weighted by atomic mass is 10.1. The molecule has 0 bridgehead atoms. The molecule has 3 aromatic rings. The summed E-state index contributed by atoms with van der Waals surface area (Å²) in [5.74, 6) is 0.246. The van der Waals surface area contributed by atoms with Crippen LogP contribution in [0.15, 0.2) is 42.7 Å². The van der Waals surface area contributed by atoms with Gasteiger partial charge in [0.15, 0.2) is 11.9 Å². The molecule has 1 N–H and O–H groups in total. The Kier molecular flexibility index (Phi) is 3.65. The van der Waals surface area contributed by atoms with Crippen LogP contribution in [0.1, 0.15) is 17.3 Å². The molecule has 2 heterocycles. The second kappa shape index (κ2) is 5.76. The normalized spacial score (nSPS) is 12.1. The number of hydrogen-bond donors (Lipinski definition) is 1. The third-order valence-electron chi connectivity index (χ3n) is 3.36. The van der Waals surface area contributed by atoms with Gasteiger partial charge in [-0.3, -0.25) is 9.48 Å². The van der Waals surface area contributed by atoms with Crippen LogP contribution < -0.4 is 5.32 Å². The third-order valence-corrected chi connectivity index (χ3v) is 3.36. The van der Waals surface area contributed by atoms with Gasteiger partial charge in [0.2, 0.25) is 0 Å². The van der Waals surface area contributed by atoms with Crippen LogP contribution >= 0.6 is 0 Å². The molecule has 2 aromatic heterocycles. The molecule has 0 fully saturated rings. The summed E-state index contributed by atoms with van der Waals surface area (Å²) >= 11 is 0. The molecular formula is C14H15N7O. The van der Waals surface area contributed by atoms with Gasteiger partial charge in [0, 0.05) is 18.8 Å². The van der Waals surface area contributed by atoms with Crippen LogP contribution in [0.2, 0.25) is 0 Å². The molecular weight excluding hydrogens is 282 g/mol. The summed E-state index contributed by atoms with van der Waals surface area (Å²) in [7, 11) is 1.82. The first kappa shape index (κ1) is 13.9. The number of amides is 1. The van der Waals surface area contributed by atoms with Gasteiger partial charge in [-0.25, -0.2) is 4.68 Å². The molecule has 0 aliphatic carbocycles. The zero-order valence-corrected chi connectivity index (χ0v) is 12.2. The van der Waals surface area contributed by atoms with Gasteiger partial charge in [-0.15, -0.1) is 5.10 Å². The van der Waals surface area contributed by atoms with E-state index in [2.05, 4.69) is 25.9 Å². The van der Waals surface area contributed by atoms with E-state index in [9.17, 15) is 4.79 Å². The first-order valence-corrected chi connectivity index (χ1v) is 6.74. The largest absolute Gasteiger partial charge is 0.307 e. The molecule has 0 aliphatic heterocycles. The minimum Gasteiger partial charge on any atom is -0.307 e. The Bertz CT molecular complexity index is 744. The molecule has 1 aromatic carbocycles. The molecule has 112 valence electrons. The standard InChI is InChI=1S/C14H15N7O/c1-10-8-12(17-20(10)2)16-14(22)13(21-9-15-18-19-21)11-6-4-3-5-7-11/h3-9,13H,1-2H3,(H,16,17,22)/t13-/m1/s1. The molecule has 0 aliphatic rings. The molecule has 1 amide bonds. The SMILES string of the molecule is Cc1cc(NC(=O)[C@@H](c2ccccc2)n2cnnn2)nn1C. The van der Waals surface area contributed by atoms with Crippen LogP contribution in [0.4, 0.5) is 5.82 Å². The van der Waals surface area contributed by atoms with E-state index >= 15 is 0 Å². The van der Waals surface area contributed by atoms with Crippen molar-refractivity contribution in [1.82, 2.24) is 30.0 Å². The average molecular weight is 297 g/mol. The van der Waals surface area contributed by atoms with Crippen LogP contribution in [0.25, 0.3) is 0 Å². The van der Waals surface area contributed by atoms with Gasteiger partial charge in [0.05, 0.1) is 0 Å². The van der Waals surface area contributed by atoms with E-state index < -0.39 is 6.04 Å². The molecule has 0 saturated carbocycles. The molecule has 0 spiro atoms. The first-order chi connectivity index (χ1) is 10.6. The van der Waals surface area contributed by atoms with Gasteiger partial charge in [0.1, 0.15) is 6.33 Å². The Labute approximate surface area is 126 Å². The first-order valence-electron chi connectivity index (χ1n) is 6.74. The van der Waals surface area contributed by atoms with Crippen LogP contribution in [-0.2, 0) is 11.8 Å². The quantitative estimate of drug-likeness (QED) is 0.774. The fourth-order valence-corrected chi connectivity index (χ4v) is 2.16. The van der Waals surface area contributed by atoms with Crippen molar-refractivity contribution in [1.29, 1.82) is 0 Å².